The lowest BCUT2D eigenvalue weighted by molar-refractivity contribution is -0.444. The van der Waals surface area contributed by atoms with Crippen molar-refractivity contribution in [1.29, 1.82) is 0 Å². The molecule has 0 saturated carbocycles. The van der Waals surface area contributed by atoms with Crippen LogP contribution in [0.2, 0.25) is 0 Å². The number of rotatable bonds is 23. The molecule has 0 fully saturated rings. The fraction of sp³-hybridized carbons (Fsp3) is 0.917. The summed E-state index contributed by atoms with van der Waals surface area (Å²) in [6, 6.07) is 0. The van der Waals surface area contributed by atoms with Crippen LogP contribution in [0.15, 0.2) is 0 Å². The molecule has 0 aliphatic carbocycles. The summed E-state index contributed by atoms with van der Waals surface area (Å²) in [6.45, 7) is 12.1. The third-order valence-electron chi connectivity index (χ3n) is 4.57. The Balaban J connectivity index is 4.90. The maximum Gasteiger partial charge on any atom is 0.349 e. The van der Waals surface area contributed by atoms with Crippen LogP contribution in [-0.4, -0.2) is 90.3 Å². The van der Waals surface area contributed by atoms with Crippen LogP contribution in [0.3, 0.4) is 0 Å². The summed E-state index contributed by atoms with van der Waals surface area (Å²) in [5.41, 5.74) is 0. The first-order valence-corrected chi connectivity index (χ1v) is 12.6. The Kier molecular flexibility index (Phi) is 18.9. The second-order valence-electron chi connectivity index (χ2n) is 7.13. The number of carbonyl (C=O) groups is 2. The van der Waals surface area contributed by atoms with E-state index in [9.17, 15) is 9.59 Å². The summed E-state index contributed by atoms with van der Waals surface area (Å²) in [6.07, 6.45) is -1.69. The van der Waals surface area contributed by atoms with Gasteiger partial charge in [0.1, 0.15) is 0 Å². The maximum absolute atomic E-state index is 12.4. The molecular weight excluding hydrogens is 480 g/mol. The highest BCUT2D eigenvalue weighted by Crippen LogP contribution is 2.26. The molecule has 0 rings (SSSR count). The minimum absolute atomic E-state index is 0.0298. The zero-order valence-corrected chi connectivity index (χ0v) is 23.1. The van der Waals surface area contributed by atoms with Gasteiger partial charge in [0.2, 0.25) is 0 Å². The molecule has 2 atom stereocenters. The van der Waals surface area contributed by atoms with Gasteiger partial charge in [-0.15, -0.1) is 0 Å². The van der Waals surface area contributed by atoms with E-state index in [-0.39, 0.29) is 52.5 Å². The third-order valence-corrected chi connectivity index (χ3v) is 4.57. The highest BCUT2D eigenvalue weighted by Gasteiger charge is 2.47. The van der Waals surface area contributed by atoms with Crippen LogP contribution < -0.4 is 0 Å². The highest BCUT2D eigenvalue weighted by molar-refractivity contribution is 5.70. The summed E-state index contributed by atoms with van der Waals surface area (Å²) >= 11 is 0. The first-order chi connectivity index (χ1) is 17.3. The Morgan fingerprint density at radius 1 is 0.528 bits per heavy atom. The molecule has 0 amide bonds. The Bertz CT molecular complexity index is 501. The molecule has 12 heteroatoms. The summed E-state index contributed by atoms with van der Waals surface area (Å²) in [5.74, 6) is -4.46. The second-order valence-corrected chi connectivity index (χ2v) is 7.13. The molecule has 0 aromatic heterocycles. The molecule has 0 bridgehead atoms. The Morgan fingerprint density at radius 2 is 0.778 bits per heavy atom. The van der Waals surface area contributed by atoms with Crippen molar-refractivity contribution in [2.24, 2.45) is 0 Å². The maximum atomic E-state index is 12.4. The van der Waals surface area contributed by atoms with Crippen LogP contribution in [-0.2, 0) is 57.0 Å². The van der Waals surface area contributed by atoms with Gasteiger partial charge < -0.3 is 47.4 Å². The zero-order valence-electron chi connectivity index (χ0n) is 23.1. The zero-order chi connectivity index (χ0) is 27.5. The van der Waals surface area contributed by atoms with Gasteiger partial charge in [-0.05, 0) is 54.4 Å². The minimum atomic E-state index is -1.67. The quantitative estimate of drug-likeness (QED) is 0.110. The molecule has 0 saturated heterocycles. The number of ether oxygens (including phenoxy) is 10. The van der Waals surface area contributed by atoms with Crippen molar-refractivity contribution in [3.63, 3.8) is 0 Å². The summed E-state index contributed by atoms with van der Waals surface area (Å²) < 4.78 is 55.0. The molecule has 0 radical (unpaired) electrons. The van der Waals surface area contributed by atoms with E-state index in [4.69, 9.17) is 47.4 Å². The third kappa shape index (κ3) is 11.3. The first-order valence-electron chi connectivity index (χ1n) is 12.6. The average Bonchev–Trinajstić information content (AvgIpc) is 2.84. The van der Waals surface area contributed by atoms with Crippen LogP contribution in [0.1, 0.15) is 67.2 Å². The number of hydrogen-bond donors (Lipinski definition) is 0. The number of methoxy groups -OCH3 is 2. The largest absolute Gasteiger partial charge is 0.427 e. The van der Waals surface area contributed by atoms with Crippen LogP contribution in [0.5, 0.6) is 0 Å². The smallest absolute Gasteiger partial charge is 0.349 e. The second kappa shape index (κ2) is 19.7. The van der Waals surface area contributed by atoms with Crippen molar-refractivity contribution in [3.8, 4) is 0 Å². The standard InChI is InChI=1S/C24H46O12/c1-9-29-23(30-10-2,31-11-3)21(27-7)35-19(25)17-15-16-18-20(26)36-22(28-8)24(32-12-4,33-13-5)34-14-6/h21-22H,9-18H2,1-8H3. The monoisotopic (exact) mass is 526 g/mol. The first kappa shape index (κ1) is 34.6. The van der Waals surface area contributed by atoms with Gasteiger partial charge in [0.05, 0.1) is 0 Å². The molecule has 2 unspecified atom stereocenters. The molecule has 0 spiro atoms. The van der Waals surface area contributed by atoms with Crippen molar-refractivity contribution in [3.05, 3.63) is 0 Å². The summed E-state index contributed by atoms with van der Waals surface area (Å²) in [5, 5.41) is 0. The van der Waals surface area contributed by atoms with Gasteiger partial charge in [-0.3, -0.25) is 9.59 Å². The van der Waals surface area contributed by atoms with Crippen molar-refractivity contribution in [2.45, 2.75) is 91.8 Å². The van der Waals surface area contributed by atoms with Gasteiger partial charge in [0, 0.05) is 66.7 Å². The summed E-state index contributed by atoms with van der Waals surface area (Å²) in [7, 11) is 2.72. The van der Waals surface area contributed by atoms with E-state index in [1.807, 2.05) is 0 Å². The topological polar surface area (TPSA) is 126 Å². The van der Waals surface area contributed by atoms with E-state index < -0.39 is 36.5 Å². The number of hydrogen-bond acceptors (Lipinski definition) is 12. The molecule has 12 nitrogen and oxygen atoms in total. The highest BCUT2D eigenvalue weighted by atomic mass is 16.9. The number of unbranched alkanes of at least 4 members (excludes halogenated alkanes) is 1. The summed E-state index contributed by atoms with van der Waals surface area (Å²) in [4.78, 5) is 24.9. The van der Waals surface area contributed by atoms with Crippen molar-refractivity contribution < 1.29 is 57.0 Å². The van der Waals surface area contributed by atoms with E-state index >= 15 is 0 Å². The lowest BCUT2D eigenvalue weighted by Gasteiger charge is -2.36. The number of carbonyl (C=O) groups excluding carboxylic acids is 2. The lowest BCUT2D eigenvalue weighted by atomic mass is 10.2. The number of esters is 2. The van der Waals surface area contributed by atoms with Crippen LogP contribution >= 0.6 is 0 Å². The Morgan fingerprint density at radius 3 is 0.972 bits per heavy atom. The Labute approximate surface area is 215 Å². The van der Waals surface area contributed by atoms with E-state index in [1.54, 1.807) is 41.5 Å². The van der Waals surface area contributed by atoms with Gasteiger partial charge in [-0.1, -0.05) is 0 Å². The molecule has 0 N–H and O–H groups in total. The average molecular weight is 527 g/mol. The predicted molar refractivity (Wildman–Crippen MR) is 127 cm³/mol. The molecule has 36 heavy (non-hydrogen) atoms. The van der Waals surface area contributed by atoms with Crippen molar-refractivity contribution in [2.75, 3.05) is 53.9 Å². The lowest BCUT2D eigenvalue weighted by Crippen LogP contribution is -2.53. The van der Waals surface area contributed by atoms with Gasteiger partial charge in [-0.25, -0.2) is 0 Å². The fourth-order valence-electron chi connectivity index (χ4n) is 3.29. The van der Waals surface area contributed by atoms with E-state index in [0.717, 1.165) is 0 Å². The van der Waals surface area contributed by atoms with E-state index in [2.05, 4.69) is 0 Å². The van der Waals surface area contributed by atoms with Gasteiger partial charge in [0.15, 0.2) is 0 Å². The normalized spacial score (nSPS) is 13.9. The van der Waals surface area contributed by atoms with Crippen LogP contribution in [0, 0.1) is 0 Å². The predicted octanol–water partition coefficient (Wildman–Crippen LogP) is 3.10. The minimum Gasteiger partial charge on any atom is -0.427 e. The van der Waals surface area contributed by atoms with E-state index in [0.29, 0.717) is 12.8 Å². The van der Waals surface area contributed by atoms with Gasteiger partial charge >= 0.3 is 23.9 Å². The van der Waals surface area contributed by atoms with Crippen LogP contribution in [0.25, 0.3) is 0 Å². The fourth-order valence-corrected chi connectivity index (χ4v) is 3.29. The molecule has 214 valence electrons. The SMILES string of the molecule is CCOC(OCC)(OCC)C(OC)OC(=O)CCCCC(=O)OC(OC)C(OCC)(OCC)OCC. The van der Waals surface area contributed by atoms with Crippen LogP contribution in [0.4, 0.5) is 0 Å². The molecule has 0 aromatic carbocycles. The Hall–Kier alpha value is -1.38. The molecule has 0 aliphatic rings. The molecule has 0 heterocycles. The molecule has 0 aromatic rings. The van der Waals surface area contributed by atoms with Gasteiger partial charge in [0.25, 0.3) is 12.6 Å². The van der Waals surface area contributed by atoms with Gasteiger partial charge in [-0.2, -0.15) is 0 Å². The molecular formula is C24H46O12. The van der Waals surface area contributed by atoms with Crippen molar-refractivity contribution in [1.82, 2.24) is 0 Å². The molecule has 0 aliphatic heterocycles. The van der Waals surface area contributed by atoms with Crippen molar-refractivity contribution >= 4 is 11.9 Å². The van der Waals surface area contributed by atoms with E-state index in [1.165, 1.54) is 14.2 Å².